The van der Waals surface area contributed by atoms with Crippen molar-refractivity contribution in [3.8, 4) is 0 Å². The summed E-state index contributed by atoms with van der Waals surface area (Å²) in [6, 6.07) is 2.94. The van der Waals surface area contributed by atoms with Crippen molar-refractivity contribution in [3.05, 3.63) is 44.8 Å². The van der Waals surface area contributed by atoms with Gasteiger partial charge >= 0.3 is 12.1 Å². The normalized spacial score (nSPS) is 14.3. The predicted octanol–water partition coefficient (Wildman–Crippen LogP) is 5.44. The zero-order valence-electron chi connectivity index (χ0n) is 17.2. The number of carbonyl (C=O) groups is 3. The molecule has 2 N–H and O–H groups in total. The molecule has 1 atom stereocenters. The van der Waals surface area contributed by atoms with Gasteiger partial charge in [0, 0.05) is 16.8 Å². The lowest BCUT2D eigenvalue weighted by Crippen LogP contribution is -2.31. The van der Waals surface area contributed by atoms with Gasteiger partial charge in [0.05, 0.1) is 16.8 Å². The number of rotatable bonds is 5. The summed E-state index contributed by atoms with van der Waals surface area (Å²) in [5, 5.41) is 4.98. The summed E-state index contributed by atoms with van der Waals surface area (Å²) in [5.41, 5.74) is -0.639. The monoisotopic (exact) mass is 488 g/mol. The highest BCUT2D eigenvalue weighted by Crippen LogP contribution is 2.39. The van der Waals surface area contributed by atoms with E-state index in [1.165, 1.54) is 31.3 Å². The van der Waals surface area contributed by atoms with Crippen molar-refractivity contribution < 1.29 is 32.3 Å². The van der Waals surface area contributed by atoms with E-state index in [-0.39, 0.29) is 16.5 Å². The lowest BCUT2D eigenvalue weighted by Gasteiger charge is -2.18. The number of nitrogens with one attached hydrogen (secondary N) is 2. The molecule has 6 nitrogen and oxygen atoms in total. The smallest absolute Gasteiger partial charge is 0.418 e. The third-order valence-electron chi connectivity index (χ3n) is 4.86. The summed E-state index contributed by atoms with van der Waals surface area (Å²) in [4.78, 5) is 37.9. The molecule has 1 aromatic heterocycles. The highest BCUT2D eigenvalue weighted by molar-refractivity contribution is 7.17. The van der Waals surface area contributed by atoms with Crippen LogP contribution in [0.2, 0.25) is 5.02 Å². The first kappa shape index (κ1) is 24.1. The third-order valence-corrected chi connectivity index (χ3v) is 6.31. The number of halogens is 4. The van der Waals surface area contributed by atoms with Crippen LogP contribution >= 0.6 is 22.9 Å². The van der Waals surface area contributed by atoms with Gasteiger partial charge in [0.15, 0.2) is 6.10 Å². The lowest BCUT2D eigenvalue weighted by molar-refractivity contribution is -0.137. The molecule has 0 saturated carbocycles. The van der Waals surface area contributed by atoms with E-state index in [4.69, 9.17) is 16.3 Å². The number of hydrogen-bond acceptors (Lipinski definition) is 5. The Morgan fingerprint density at radius 3 is 2.50 bits per heavy atom. The number of esters is 1. The van der Waals surface area contributed by atoms with Crippen LogP contribution in [0.5, 0.6) is 0 Å². The largest absolute Gasteiger partial charge is 0.449 e. The second kappa shape index (κ2) is 9.50. The minimum Gasteiger partial charge on any atom is -0.449 e. The Labute approximate surface area is 191 Å². The van der Waals surface area contributed by atoms with Crippen molar-refractivity contribution in [2.45, 2.75) is 51.8 Å². The van der Waals surface area contributed by atoms with Gasteiger partial charge in [0.1, 0.15) is 5.00 Å². The van der Waals surface area contributed by atoms with E-state index >= 15 is 0 Å². The first-order valence-electron chi connectivity index (χ1n) is 9.78. The van der Waals surface area contributed by atoms with Crippen LogP contribution in [-0.2, 0) is 33.3 Å². The van der Waals surface area contributed by atoms with Gasteiger partial charge in [-0.1, -0.05) is 11.6 Å². The van der Waals surface area contributed by atoms with Crippen molar-refractivity contribution in [2.75, 3.05) is 10.6 Å². The van der Waals surface area contributed by atoms with Crippen molar-refractivity contribution >= 4 is 51.4 Å². The van der Waals surface area contributed by atoms with E-state index in [1.54, 1.807) is 0 Å². The third kappa shape index (κ3) is 5.42. The Hall–Kier alpha value is -2.59. The molecule has 1 aliphatic carbocycles. The first-order valence-corrected chi connectivity index (χ1v) is 11.0. The number of alkyl halides is 3. The van der Waals surface area contributed by atoms with Crippen molar-refractivity contribution in [3.63, 3.8) is 0 Å². The fraction of sp³-hybridized carbons (Fsp3) is 0.381. The van der Waals surface area contributed by atoms with E-state index in [9.17, 15) is 27.6 Å². The SMILES string of the molecule is CC(=O)Nc1sc2c(c1C(=O)OC(C)C(=O)Nc1ccc(Cl)cc1C(F)(F)F)CCCC2. The molecule has 1 aromatic carbocycles. The summed E-state index contributed by atoms with van der Waals surface area (Å²) in [7, 11) is 0. The topological polar surface area (TPSA) is 84.5 Å². The van der Waals surface area contributed by atoms with Crippen LogP contribution in [-0.4, -0.2) is 23.9 Å². The maximum Gasteiger partial charge on any atom is 0.418 e. The number of thiophene rings is 1. The average molecular weight is 489 g/mol. The van der Waals surface area contributed by atoms with E-state index in [1.807, 2.05) is 0 Å². The molecule has 11 heteroatoms. The Kier molecular flexibility index (Phi) is 7.14. The van der Waals surface area contributed by atoms with Gasteiger partial charge in [-0.3, -0.25) is 9.59 Å². The molecule has 3 rings (SSSR count). The zero-order valence-corrected chi connectivity index (χ0v) is 18.8. The molecule has 2 amide bonds. The number of carbonyl (C=O) groups excluding carboxylic acids is 3. The molecule has 172 valence electrons. The van der Waals surface area contributed by atoms with Crippen LogP contribution in [0, 0.1) is 0 Å². The van der Waals surface area contributed by atoms with Crippen LogP contribution in [0.25, 0.3) is 0 Å². The molecule has 0 saturated heterocycles. The summed E-state index contributed by atoms with van der Waals surface area (Å²) in [6.45, 7) is 2.57. The first-order chi connectivity index (χ1) is 15.0. The van der Waals surface area contributed by atoms with Gasteiger partial charge in [-0.05, 0) is 56.4 Å². The number of amides is 2. The van der Waals surface area contributed by atoms with Gasteiger partial charge in [-0.2, -0.15) is 13.2 Å². The molecule has 1 unspecified atom stereocenters. The second-order valence-corrected chi connectivity index (χ2v) is 8.86. The van der Waals surface area contributed by atoms with E-state index in [2.05, 4.69) is 10.6 Å². The molecule has 32 heavy (non-hydrogen) atoms. The molecule has 0 aliphatic heterocycles. The average Bonchev–Trinajstić information content (AvgIpc) is 3.05. The highest BCUT2D eigenvalue weighted by Gasteiger charge is 2.35. The number of aryl methyl sites for hydroxylation is 1. The van der Waals surface area contributed by atoms with Crippen LogP contribution in [0.15, 0.2) is 18.2 Å². The molecule has 0 radical (unpaired) electrons. The van der Waals surface area contributed by atoms with Crippen LogP contribution < -0.4 is 10.6 Å². The number of fused-ring (bicyclic) bond motifs is 1. The summed E-state index contributed by atoms with van der Waals surface area (Å²) < 4.78 is 45.0. The Balaban J connectivity index is 1.79. The Morgan fingerprint density at radius 2 is 1.84 bits per heavy atom. The summed E-state index contributed by atoms with van der Waals surface area (Å²) >= 11 is 6.94. The molecule has 2 aromatic rings. The predicted molar refractivity (Wildman–Crippen MR) is 115 cm³/mol. The molecule has 1 aliphatic rings. The minimum absolute atomic E-state index is 0.137. The van der Waals surface area contributed by atoms with Crippen molar-refractivity contribution in [1.82, 2.24) is 0 Å². The quantitative estimate of drug-likeness (QED) is 0.549. The molecule has 0 bridgehead atoms. The lowest BCUT2D eigenvalue weighted by atomic mass is 9.95. The second-order valence-electron chi connectivity index (χ2n) is 7.32. The zero-order chi connectivity index (χ0) is 23.6. The highest BCUT2D eigenvalue weighted by atomic mass is 35.5. The maximum atomic E-state index is 13.3. The van der Waals surface area contributed by atoms with Crippen LogP contribution in [0.1, 0.15) is 53.1 Å². The fourth-order valence-corrected chi connectivity index (χ4v) is 4.89. The van der Waals surface area contributed by atoms with Gasteiger partial charge in [0.2, 0.25) is 5.91 Å². The van der Waals surface area contributed by atoms with E-state index in [0.717, 1.165) is 35.8 Å². The number of hydrogen-bond donors (Lipinski definition) is 2. The Morgan fingerprint density at radius 1 is 1.16 bits per heavy atom. The van der Waals surface area contributed by atoms with Crippen molar-refractivity contribution in [2.24, 2.45) is 0 Å². The molecule has 1 heterocycles. The van der Waals surface area contributed by atoms with Crippen LogP contribution in [0.3, 0.4) is 0 Å². The van der Waals surface area contributed by atoms with Gasteiger partial charge in [0.25, 0.3) is 5.91 Å². The van der Waals surface area contributed by atoms with E-state index < -0.39 is 35.4 Å². The molecular weight excluding hydrogens is 469 g/mol. The van der Waals surface area contributed by atoms with Gasteiger partial charge < -0.3 is 15.4 Å². The van der Waals surface area contributed by atoms with Crippen LogP contribution in [0.4, 0.5) is 23.9 Å². The fourth-order valence-electron chi connectivity index (χ4n) is 3.40. The van der Waals surface area contributed by atoms with Gasteiger partial charge in [-0.25, -0.2) is 4.79 Å². The van der Waals surface area contributed by atoms with E-state index in [0.29, 0.717) is 17.5 Å². The maximum absolute atomic E-state index is 13.3. The molecular formula is C21H20ClF3N2O4S. The van der Waals surface area contributed by atoms with Gasteiger partial charge in [-0.15, -0.1) is 11.3 Å². The summed E-state index contributed by atoms with van der Waals surface area (Å²) in [5.74, 6) is -2.11. The summed E-state index contributed by atoms with van der Waals surface area (Å²) in [6.07, 6.45) is -2.89. The molecule has 0 fully saturated rings. The Bertz CT molecular complexity index is 1070. The number of ether oxygens (including phenoxy) is 1. The number of benzene rings is 1. The van der Waals surface area contributed by atoms with Crippen molar-refractivity contribution in [1.29, 1.82) is 0 Å². The standard InChI is InChI=1S/C21H20ClF3N2O4S/c1-10(18(29)27-15-8-7-12(22)9-14(15)21(23,24)25)31-20(30)17-13-5-3-4-6-16(13)32-19(17)26-11(2)28/h7-10H,3-6H2,1-2H3,(H,26,28)(H,27,29). The minimum atomic E-state index is -4.74. The molecule has 0 spiro atoms. The number of anilines is 2.